The van der Waals surface area contributed by atoms with Gasteiger partial charge in [0.05, 0.1) is 13.6 Å². The molecule has 1 atom stereocenters. The lowest BCUT2D eigenvalue weighted by Gasteiger charge is -2.32. The Morgan fingerprint density at radius 2 is 1.68 bits per heavy atom. The molecule has 0 radical (unpaired) electrons. The van der Waals surface area contributed by atoms with Crippen molar-refractivity contribution in [2.75, 3.05) is 33.2 Å². The Morgan fingerprint density at radius 3 is 2.36 bits per heavy atom. The third-order valence-electron chi connectivity index (χ3n) is 5.63. The molecular formula is C21H27FN6+2. The molecule has 1 aliphatic rings. The Labute approximate surface area is 164 Å². The minimum absolute atomic E-state index is 0.0872. The number of quaternary nitrogens is 2. The molecule has 2 heterocycles. The summed E-state index contributed by atoms with van der Waals surface area (Å²) in [6.07, 6.45) is 0. The maximum absolute atomic E-state index is 13.2. The van der Waals surface area contributed by atoms with Gasteiger partial charge >= 0.3 is 0 Å². The standard InChI is InChI=1S/C21H25FN6/c1-16-3-7-18(8-4-16)20(27-13-11-26(2)12-14-27)21-23-24-25-28(21)15-17-5-9-19(22)10-6-17/h3-10,20H,11-15H2,1-2H3/p+2/t20-/m0/s1. The van der Waals surface area contributed by atoms with Crippen LogP contribution in [-0.2, 0) is 6.54 Å². The molecular weight excluding hydrogens is 355 g/mol. The fourth-order valence-electron chi connectivity index (χ4n) is 3.91. The number of hydrogen-bond donors (Lipinski definition) is 2. The average Bonchev–Trinajstić information content (AvgIpc) is 3.14. The van der Waals surface area contributed by atoms with Gasteiger partial charge in [-0.1, -0.05) is 42.0 Å². The molecule has 1 aromatic heterocycles. The van der Waals surface area contributed by atoms with Crippen LogP contribution in [-0.4, -0.2) is 53.4 Å². The van der Waals surface area contributed by atoms with Crippen molar-refractivity contribution in [3.63, 3.8) is 0 Å². The lowest BCUT2D eigenvalue weighted by Crippen LogP contribution is -3.27. The fraction of sp³-hybridized carbons (Fsp3) is 0.381. The van der Waals surface area contributed by atoms with Crippen molar-refractivity contribution < 1.29 is 14.2 Å². The molecule has 0 spiro atoms. The van der Waals surface area contributed by atoms with E-state index in [4.69, 9.17) is 0 Å². The molecule has 1 fully saturated rings. The molecule has 6 nitrogen and oxygen atoms in total. The minimum atomic E-state index is -0.234. The lowest BCUT2D eigenvalue weighted by atomic mass is 10.0. The molecule has 0 bridgehead atoms. The number of aromatic nitrogens is 4. The van der Waals surface area contributed by atoms with Crippen LogP contribution in [0.5, 0.6) is 0 Å². The topological polar surface area (TPSA) is 52.5 Å². The highest BCUT2D eigenvalue weighted by molar-refractivity contribution is 5.26. The smallest absolute Gasteiger partial charge is 0.214 e. The van der Waals surface area contributed by atoms with Gasteiger partial charge in [-0.25, -0.2) is 9.07 Å². The summed E-state index contributed by atoms with van der Waals surface area (Å²) >= 11 is 0. The van der Waals surface area contributed by atoms with Crippen LogP contribution >= 0.6 is 0 Å². The molecule has 2 aromatic carbocycles. The van der Waals surface area contributed by atoms with E-state index >= 15 is 0 Å². The molecule has 0 amide bonds. The van der Waals surface area contributed by atoms with Gasteiger partial charge in [0.25, 0.3) is 0 Å². The number of piperazine rings is 1. The summed E-state index contributed by atoms with van der Waals surface area (Å²) in [6, 6.07) is 15.3. The fourth-order valence-corrected chi connectivity index (χ4v) is 3.91. The van der Waals surface area contributed by atoms with Gasteiger partial charge in [-0.15, -0.1) is 5.10 Å². The maximum Gasteiger partial charge on any atom is 0.214 e. The van der Waals surface area contributed by atoms with Crippen molar-refractivity contribution in [2.45, 2.75) is 19.5 Å². The van der Waals surface area contributed by atoms with Gasteiger partial charge in [-0.3, -0.25) is 0 Å². The summed E-state index contributed by atoms with van der Waals surface area (Å²) in [6.45, 7) is 7.06. The maximum atomic E-state index is 13.2. The van der Waals surface area contributed by atoms with E-state index < -0.39 is 0 Å². The zero-order valence-corrected chi connectivity index (χ0v) is 16.4. The molecule has 4 rings (SSSR count). The molecule has 0 saturated carbocycles. The van der Waals surface area contributed by atoms with E-state index in [0.717, 1.165) is 37.6 Å². The summed E-state index contributed by atoms with van der Waals surface area (Å²) in [5.74, 6) is 0.630. The molecule has 3 aromatic rings. The number of nitrogens with one attached hydrogen (secondary N) is 2. The first-order valence-electron chi connectivity index (χ1n) is 9.83. The van der Waals surface area contributed by atoms with Crippen molar-refractivity contribution in [1.82, 2.24) is 20.2 Å². The summed E-state index contributed by atoms with van der Waals surface area (Å²) in [5, 5.41) is 12.7. The number of rotatable bonds is 5. The van der Waals surface area contributed by atoms with Crippen molar-refractivity contribution in [2.24, 2.45) is 0 Å². The van der Waals surface area contributed by atoms with Crippen LogP contribution in [0.3, 0.4) is 0 Å². The quantitative estimate of drug-likeness (QED) is 0.636. The Kier molecular flexibility index (Phi) is 5.45. The minimum Gasteiger partial charge on any atom is -0.328 e. The van der Waals surface area contributed by atoms with Gasteiger partial charge in [-0.2, -0.15) is 0 Å². The molecule has 2 N–H and O–H groups in total. The zero-order chi connectivity index (χ0) is 19.5. The number of hydrogen-bond acceptors (Lipinski definition) is 3. The second-order valence-electron chi connectivity index (χ2n) is 7.78. The number of nitrogens with zero attached hydrogens (tertiary/aromatic N) is 4. The number of tetrazole rings is 1. The van der Waals surface area contributed by atoms with Crippen molar-refractivity contribution >= 4 is 0 Å². The van der Waals surface area contributed by atoms with Crippen LogP contribution in [0.1, 0.15) is 28.6 Å². The largest absolute Gasteiger partial charge is 0.328 e. The number of aryl methyl sites for hydroxylation is 1. The van der Waals surface area contributed by atoms with Gasteiger partial charge in [0, 0.05) is 5.56 Å². The molecule has 0 aliphatic carbocycles. The van der Waals surface area contributed by atoms with E-state index in [2.05, 4.69) is 53.8 Å². The van der Waals surface area contributed by atoms with E-state index in [1.807, 2.05) is 4.68 Å². The van der Waals surface area contributed by atoms with Crippen LogP contribution in [0, 0.1) is 12.7 Å². The molecule has 1 aliphatic heterocycles. The second kappa shape index (κ2) is 8.16. The number of benzene rings is 2. The third kappa shape index (κ3) is 4.10. The molecule has 146 valence electrons. The highest BCUT2D eigenvalue weighted by Gasteiger charge is 2.34. The van der Waals surface area contributed by atoms with E-state index in [1.54, 1.807) is 17.0 Å². The van der Waals surface area contributed by atoms with Crippen molar-refractivity contribution in [3.05, 3.63) is 76.9 Å². The number of halogens is 1. The van der Waals surface area contributed by atoms with Crippen LogP contribution in [0.4, 0.5) is 4.39 Å². The predicted octanol–water partition coefficient (Wildman–Crippen LogP) is -0.328. The second-order valence-corrected chi connectivity index (χ2v) is 7.78. The van der Waals surface area contributed by atoms with Crippen LogP contribution in [0.2, 0.25) is 0 Å². The summed E-state index contributed by atoms with van der Waals surface area (Å²) < 4.78 is 15.1. The average molecular weight is 382 g/mol. The highest BCUT2D eigenvalue weighted by Crippen LogP contribution is 2.18. The SMILES string of the molecule is Cc1ccc([C@@H](c2nnnn2Cc2ccc(F)cc2)[NH+]2CC[NH+](C)CC2)cc1. The van der Waals surface area contributed by atoms with Crippen LogP contribution in [0.25, 0.3) is 0 Å². The summed E-state index contributed by atoms with van der Waals surface area (Å²) in [4.78, 5) is 3.06. The van der Waals surface area contributed by atoms with Crippen molar-refractivity contribution in [1.29, 1.82) is 0 Å². The summed E-state index contributed by atoms with van der Waals surface area (Å²) in [5.41, 5.74) is 3.46. The lowest BCUT2D eigenvalue weighted by molar-refractivity contribution is -1.02. The first kappa shape index (κ1) is 18.7. The summed E-state index contributed by atoms with van der Waals surface area (Å²) in [7, 11) is 2.25. The van der Waals surface area contributed by atoms with Crippen LogP contribution < -0.4 is 9.80 Å². The van der Waals surface area contributed by atoms with Crippen molar-refractivity contribution in [3.8, 4) is 0 Å². The van der Waals surface area contributed by atoms with Gasteiger partial charge in [0.15, 0.2) is 6.04 Å². The molecule has 7 heteroatoms. The van der Waals surface area contributed by atoms with Gasteiger partial charge in [0.2, 0.25) is 5.82 Å². The third-order valence-corrected chi connectivity index (χ3v) is 5.63. The monoisotopic (exact) mass is 382 g/mol. The van der Waals surface area contributed by atoms with E-state index in [9.17, 15) is 4.39 Å². The predicted molar refractivity (Wildman–Crippen MR) is 104 cm³/mol. The van der Waals surface area contributed by atoms with E-state index in [-0.39, 0.29) is 11.9 Å². The van der Waals surface area contributed by atoms with Crippen LogP contribution in [0.15, 0.2) is 48.5 Å². The first-order valence-corrected chi connectivity index (χ1v) is 9.83. The number of likely N-dealkylation sites (N-methyl/N-ethyl adjacent to an activating group) is 1. The normalized spacial score (nSPS) is 20.8. The highest BCUT2D eigenvalue weighted by atomic mass is 19.1. The first-order chi connectivity index (χ1) is 13.6. The molecule has 28 heavy (non-hydrogen) atoms. The Bertz CT molecular complexity index is 897. The molecule has 0 unspecified atom stereocenters. The zero-order valence-electron chi connectivity index (χ0n) is 16.4. The van der Waals surface area contributed by atoms with E-state index in [1.165, 1.54) is 28.2 Å². The van der Waals surface area contributed by atoms with E-state index in [0.29, 0.717) is 6.54 Å². The molecule has 1 saturated heterocycles. The Hall–Kier alpha value is -2.64. The Balaban J connectivity index is 1.67. The van der Waals surface area contributed by atoms with Gasteiger partial charge in [-0.05, 0) is 35.0 Å². The van der Waals surface area contributed by atoms with Gasteiger partial charge in [0.1, 0.15) is 32.0 Å². The van der Waals surface area contributed by atoms with Gasteiger partial charge < -0.3 is 9.80 Å². The Morgan fingerprint density at radius 1 is 1.00 bits per heavy atom.